The number of likely N-dealkylation sites (N-methyl/N-ethyl adjacent to an activating group) is 1. The summed E-state index contributed by atoms with van der Waals surface area (Å²) in [7, 11) is 1.55. The van der Waals surface area contributed by atoms with Gasteiger partial charge in [-0.05, 0) is 61.4 Å². The third kappa shape index (κ3) is 5.53. The Labute approximate surface area is 163 Å². The highest BCUT2D eigenvalue weighted by atomic mass is 19.1. The molecule has 1 saturated heterocycles. The average molecular weight is 386 g/mol. The Morgan fingerprint density at radius 1 is 1.18 bits per heavy atom. The van der Waals surface area contributed by atoms with Crippen LogP contribution in [0.5, 0.6) is 5.75 Å². The maximum atomic E-state index is 12.9. The van der Waals surface area contributed by atoms with E-state index in [0.29, 0.717) is 23.6 Å². The van der Waals surface area contributed by atoms with E-state index < -0.39 is 0 Å². The number of carbonyl (C=O) groups excluding carboxylic acids is 2. The lowest BCUT2D eigenvalue weighted by Crippen LogP contribution is -2.34. The van der Waals surface area contributed by atoms with E-state index >= 15 is 0 Å². The zero-order valence-corrected chi connectivity index (χ0v) is 15.7. The Kier molecular flexibility index (Phi) is 6.60. The number of hydrogen-bond donors (Lipinski definition) is 1. The van der Waals surface area contributed by atoms with Crippen LogP contribution in [-0.4, -0.2) is 49.6 Å². The lowest BCUT2D eigenvalue weighted by molar-refractivity contribution is -0.116. The molecule has 0 aliphatic carbocycles. The number of nitrogens with zero attached hydrogens (tertiary/aromatic N) is 1. The van der Waals surface area contributed by atoms with E-state index in [1.165, 1.54) is 29.2 Å². The number of ether oxygens (including phenoxy) is 2. The number of rotatable bonds is 7. The molecule has 1 aliphatic heterocycles. The number of carbonyl (C=O) groups is 2. The van der Waals surface area contributed by atoms with Crippen molar-refractivity contribution in [3.05, 3.63) is 59.9 Å². The third-order valence-corrected chi connectivity index (χ3v) is 4.42. The first-order valence-corrected chi connectivity index (χ1v) is 9.16. The summed E-state index contributed by atoms with van der Waals surface area (Å²) in [5, 5.41) is 2.63. The first-order valence-electron chi connectivity index (χ1n) is 9.16. The summed E-state index contributed by atoms with van der Waals surface area (Å²) >= 11 is 0. The average Bonchev–Trinajstić information content (AvgIpc) is 3.21. The van der Waals surface area contributed by atoms with Crippen LogP contribution in [0.25, 0.3) is 0 Å². The molecule has 7 heteroatoms. The lowest BCUT2D eigenvalue weighted by Gasteiger charge is -2.17. The van der Waals surface area contributed by atoms with Gasteiger partial charge in [0.15, 0.2) is 0 Å². The summed E-state index contributed by atoms with van der Waals surface area (Å²) in [6.45, 7) is 1.16. The molecular weight excluding hydrogens is 363 g/mol. The van der Waals surface area contributed by atoms with E-state index in [4.69, 9.17) is 9.47 Å². The summed E-state index contributed by atoms with van der Waals surface area (Å²) in [6.07, 6.45) is 2.19. The molecule has 2 amide bonds. The second kappa shape index (κ2) is 9.32. The Morgan fingerprint density at radius 2 is 1.89 bits per heavy atom. The lowest BCUT2D eigenvalue weighted by atomic mass is 10.2. The molecule has 28 heavy (non-hydrogen) atoms. The molecule has 0 unspecified atom stereocenters. The number of anilines is 1. The molecule has 1 fully saturated rings. The van der Waals surface area contributed by atoms with Gasteiger partial charge in [0.25, 0.3) is 5.91 Å². The Balaban J connectivity index is 1.49. The third-order valence-electron chi connectivity index (χ3n) is 4.42. The zero-order chi connectivity index (χ0) is 19.9. The van der Waals surface area contributed by atoms with Crippen LogP contribution in [0.2, 0.25) is 0 Å². The van der Waals surface area contributed by atoms with E-state index in [2.05, 4.69) is 5.32 Å². The van der Waals surface area contributed by atoms with E-state index in [-0.39, 0.29) is 30.3 Å². The zero-order valence-electron chi connectivity index (χ0n) is 15.7. The van der Waals surface area contributed by atoms with Gasteiger partial charge in [-0.2, -0.15) is 0 Å². The number of benzene rings is 2. The smallest absolute Gasteiger partial charge is 0.254 e. The Hall–Kier alpha value is -2.93. The van der Waals surface area contributed by atoms with Gasteiger partial charge in [0.1, 0.15) is 18.2 Å². The second-order valence-electron chi connectivity index (χ2n) is 6.69. The normalized spacial score (nSPS) is 15.9. The molecule has 0 bridgehead atoms. The van der Waals surface area contributed by atoms with Gasteiger partial charge in [0, 0.05) is 24.9 Å². The molecule has 0 spiro atoms. The largest absolute Gasteiger partial charge is 0.491 e. The van der Waals surface area contributed by atoms with E-state index in [1.807, 2.05) is 0 Å². The maximum Gasteiger partial charge on any atom is 0.254 e. The van der Waals surface area contributed by atoms with Crippen molar-refractivity contribution in [3.8, 4) is 5.75 Å². The molecule has 0 radical (unpaired) electrons. The van der Waals surface area contributed by atoms with Crippen molar-refractivity contribution >= 4 is 17.5 Å². The highest BCUT2D eigenvalue weighted by molar-refractivity contribution is 5.99. The van der Waals surface area contributed by atoms with Crippen LogP contribution in [0.3, 0.4) is 0 Å². The summed E-state index contributed by atoms with van der Waals surface area (Å²) in [5.41, 5.74) is 0.932. The molecule has 1 atom stereocenters. The van der Waals surface area contributed by atoms with Crippen molar-refractivity contribution < 1.29 is 23.5 Å². The number of hydrogen-bond acceptors (Lipinski definition) is 4. The minimum Gasteiger partial charge on any atom is -0.491 e. The molecule has 0 aromatic heterocycles. The predicted molar refractivity (Wildman–Crippen MR) is 103 cm³/mol. The fraction of sp³-hybridized carbons (Fsp3) is 0.333. The molecule has 2 aromatic rings. The van der Waals surface area contributed by atoms with Crippen molar-refractivity contribution in [2.24, 2.45) is 0 Å². The van der Waals surface area contributed by atoms with Crippen LogP contribution in [0, 0.1) is 5.82 Å². The molecule has 0 saturated carbocycles. The molecule has 6 nitrogen and oxygen atoms in total. The molecule has 1 N–H and O–H groups in total. The monoisotopic (exact) mass is 386 g/mol. The van der Waals surface area contributed by atoms with Crippen LogP contribution >= 0.6 is 0 Å². The minimum absolute atomic E-state index is 0.118. The molecule has 148 valence electrons. The predicted octanol–water partition coefficient (Wildman–Crippen LogP) is 3.09. The maximum absolute atomic E-state index is 12.9. The summed E-state index contributed by atoms with van der Waals surface area (Å²) < 4.78 is 24.1. The van der Waals surface area contributed by atoms with Crippen LogP contribution in [0.15, 0.2) is 48.5 Å². The van der Waals surface area contributed by atoms with Gasteiger partial charge in [0.05, 0.1) is 12.6 Å². The topological polar surface area (TPSA) is 67.9 Å². The fourth-order valence-electron chi connectivity index (χ4n) is 2.90. The highest BCUT2D eigenvalue weighted by Crippen LogP contribution is 2.17. The van der Waals surface area contributed by atoms with Gasteiger partial charge in [-0.25, -0.2) is 4.39 Å². The minimum atomic E-state index is -0.381. The number of halogens is 1. The van der Waals surface area contributed by atoms with Crippen molar-refractivity contribution in [3.63, 3.8) is 0 Å². The quantitative estimate of drug-likeness (QED) is 0.794. The van der Waals surface area contributed by atoms with Crippen molar-refractivity contribution in [1.29, 1.82) is 0 Å². The number of nitrogens with one attached hydrogen (secondary N) is 1. The van der Waals surface area contributed by atoms with E-state index in [9.17, 15) is 14.0 Å². The number of amides is 2. The van der Waals surface area contributed by atoms with Crippen LogP contribution in [0.4, 0.5) is 10.1 Å². The first kappa shape index (κ1) is 19.8. The highest BCUT2D eigenvalue weighted by Gasteiger charge is 2.17. The van der Waals surface area contributed by atoms with Crippen molar-refractivity contribution in [2.75, 3.05) is 32.1 Å². The molecule has 3 rings (SSSR count). The van der Waals surface area contributed by atoms with Crippen LogP contribution < -0.4 is 10.1 Å². The van der Waals surface area contributed by atoms with Crippen molar-refractivity contribution in [1.82, 2.24) is 4.90 Å². The summed E-state index contributed by atoms with van der Waals surface area (Å²) in [5.74, 6) is -0.351. The second-order valence-corrected chi connectivity index (χ2v) is 6.69. The summed E-state index contributed by atoms with van der Waals surface area (Å²) in [6, 6.07) is 12.2. The van der Waals surface area contributed by atoms with Gasteiger partial charge in [0.2, 0.25) is 5.91 Å². The first-order chi connectivity index (χ1) is 13.5. The van der Waals surface area contributed by atoms with Gasteiger partial charge in [-0.3, -0.25) is 9.59 Å². The van der Waals surface area contributed by atoms with Gasteiger partial charge < -0.3 is 19.7 Å². The molecule has 1 aliphatic rings. The summed E-state index contributed by atoms with van der Waals surface area (Å²) in [4.78, 5) is 25.9. The van der Waals surface area contributed by atoms with Crippen LogP contribution in [0.1, 0.15) is 23.2 Å². The molecule has 1 heterocycles. The Bertz CT molecular complexity index is 802. The van der Waals surface area contributed by atoms with Gasteiger partial charge in [-0.15, -0.1) is 0 Å². The SMILES string of the molecule is CN(CC(=O)Nc1ccc(F)cc1)C(=O)c1ccc(OC[C@@H]2CCCO2)cc1. The van der Waals surface area contributed by atoms with E-state index in [1.54, 1.807) is 31.3 Å². The van der Waals surface area contributed by atoms with Crippen LogP contribution in [-0.2, 0) is 9.53 Å². The van der Waals surface area contributed by atoms with Gasteiger partial charge in [-0.1, -0.05) is 0 Å². The molecule has 2 aromatic carbocycles. The Morgan fingerprint density at radius 3 is 2.54 bits per heavy atom. The standard InChI is InChI=1S/C21H23FN2O4/c1-24(13-20(25)23-17-8-6-16(22)7-9-17)21(26)15-4-10-18(11-5-15)28-14-19-3-2-12-27-19/h4-11,19H,2-3,12-14H2,1H3,(H,23,25)/t19-/m0/s1. The van der Waals surface area contributed by atoms with Crippen molar-refractivity contribution in [2.45, 2.75) is 18.9 Å². The van der Waals surface area contributed by atoms with E-state index in [0.717, 1.165) is 19.4 Å². The molecular formula is C21H23FN2O4. The fourth-order valence-corrected chi connectivity index (χ4v) is 2.90. The van der Waals surface area contributed by atoms with Gasteiger partial charge >= 0.3 is 0 Å².